The van der Waals surface area contributed by atoms with Gasteiger partial charge in [0, 0.05) is 43.0 Å². The van der Waals surface area contributed by atoms with E-state index in [0.717, 1.165) is 30.0 Å². The number of hydrogen-bond acceptors (Lipinski definition) is 7. The summed E-state index contributed by atoms with van der Waals surface area (Å²) in [7, 11) is 0. The van der Waals surface area contributed by atoms with Crippen LogP contribution >= 0.6 is 11.6 Å². The molecule has 3 heterocycles. The molecule has 0 spiro atoms. The maximum Gasteiger partial charge on any atom is 0.333 e. The Balaban J connectivity index is 1.45. The Morgan fingerprint density at radius 3 is 2.30 bits per heavy atom. The second-order valence-electron chi connectivity index (χ2n) is 7.13. The molecular formula is C20H25ClN6O3. The molecule has 30 heavy (non-hydrogen) atoms. The van der Waals surface area contributed by atoms with Gasteiger partial charge in [-0.2, -0.15) is 0 Å². The number of aromatic nitrogens is 2. The molecule has 2 N–H and O–H groups in total. The number of hydrogen-bond donors (Lipinski definition) is 2. The molecule has 1 aromatic carbocycles. The van der Waals surface area contributed by atoms with Crippen LogP contribution in [0.3, 0.4) is 0 Å². The van der Waals surface area contributed by atoms with Crippen molar-refractivity contribution in [3.05, 3.63) is 35.0 Å². The van der Waals surface area contributed by atoms with Gasteiger partial charge in [0.25, 0.3) is 0 Å². The number of hydrazine groups is 1. The van der Waals surface area contributed by atoms with E-state index in [-0.39, 0.29) is 6.03 Å². The summed E-state index contributed by atoms with van der Waals surface area (Å²) in [6.45, 7) is 7.38. The number of ether oxygens (including phenoxy) is 2. The smallest absolute Gasteiger partial charge is 0.333 e. The van der Waals surface area contributed by atoms with Crippen molar-refractivity contribution >= 4 is 29.1 Å². The van der Waals surface area contributed by atoms with Gasteiger partial charge < -0.3 is 19.7 Å². The van der Waals surface area contributed by atoms with Crippen molar-refractivity contribution in [1.29, 1.82) is 0 Å². The lowest BCUT2D eigenvalue weighted by Gasteiger charge is -2.29. The average molecular weight is 433 g/mol. The van der Waals surface area contributed by atoms with Gasteiger partial charge in [0.15, 0.2) is 5.82 Å². The van der Waals surface area contributed by atoms with E-state index in [4.69, 9.17) is 26.1 Å². The Kier molecular flexibility index (Phi) is 6.63. The fourth-order valence-corrected chi connectivity index (χ4v) is 3.54. The van der Waals surface area contributed by atoms with E-state index in [0.29, 0.717) is 56.2 Å². The van der Waals surface area contributed by atoms with Gasteiger partial charge in [0.05, 0.1) is 26.4 Å². The van der Waals surface area contributed by atoms with Crippen molar-refractivity contribution < 1.29 is 14.3 Å². The number of carbonyl (C=O) groups excluding carboxylic acids is 1. The van der Waals surface area contributed by atoms with Crippen molar-refractivity contribution in [3.8, 4) is 11.4 Å². The first-order valence-corrected chi connectivity index (χ1v) is 10.4. The number of nitrogens with one attached hydrogen (secondary N) is 2. The third-order valence-corrected chi connectivity index (χ3v) is 5.41. The highest BCUT2D eigenvalue weighted by Gasteiger charge is 2.19. The Morgan fingerprint density at radius 2 is 1.63 bits per heavy atom. The summed E-state index contributed by atoms with van der Waals surface area (Å²) in [5, 5.41) is 5.10. The van der Waals surface area contributed by atoms with Crippen molar-refractivity contribution in [2.45, 2.75) is 6.92 Å². The van der Waals surface area contributed by atoms with Crippen LogP contribution in [0.2, 0.25) is 5.15 Å². The van der Waals surface area contributed by atoms with Gasteiger partial charge in [-0.3, -0.25) is 5.43 Å². The third-order valence-electron chi connectivity index (χ3n) is 5.04. The minimum absolute atomic E-state index is 0.283. The van der Waals surface area contributed by atoms with Crippen molar-refractivity contribution in [3.63, 3.8) is 0 Å². The van der Waals surface area contributed by atoms with Crippen LogP contribution < -0.4 is 15.6 Å². The summed E-state index contributed by atoms with van der Waals surface area (Å²) in [4.78, 5) is 23.5. The second kappa shape index (κ2) is 9.57. The summed E-state index contributed by atoms with van der Waals surface area (Å²) < 4.78 is 10.7. The summed E-state index contributed by atoms with van der Waals surface area (Å²) in [5.74, 6) is 1.39. The van der Waals surface area contributed by atoms with E-state index in [1.54, 1.807) is 0 Å². The first-order valence-electron chi connectivity index (χ1n) is 9.98. The van der Waals surface area contributed by atoms with Crippen molar-refractivity contribution in [1.82, 2.24) is 20.4 Å². The molecule has 2 fully saturated rings. The van der Waals surface area contributed by atoms with E-state index in [2.05, 4.69) is 20.6 Å². The Bertz CT molecular complexity index is 883. The maximum atomic E-state index is 12.2. The summed E-state index contributed by atoms with van der Waals surface area (Å²) in [5.41, 5.74) is 5.18. The lowest BCUT2D eigenvalue weighted by Crippen LogP contribution is -2.49. The summed E-state index contributed by atoms with van der Waals surface area (Å²) in [6, 6.07) is 7.09. The minimum atomic E-state index is -0.283. The van der Waals surface area contributed by atoms with Crippen LogP contribution in [0.5, 0.6) is 0 Å². The van der Waals surface area contributed by atoms with Gasteiger partial charge in [-0.15, -0.1) is 0 Å². The number of benzene rings is 1. The Labute approximate surface area is 180 Å². The minimum Gasteiger partial charge on any atom is -0.379 e. The van der Waals surface area contributed by atoms with Gasteiger partial charge in [0.1, 0.15) is 11.0 Å². The third kappa shape index (κ3) is 4.99. The lowest BCUT2D eigenvalue weighted by molar-refractivity contribution is 0.0207. The standard InChI is InChI=1S/C20H25ClN6O3/c1-14-17(21)23-18(24-19(14)26-6-10-29-11-7-26)15-2-4-16(5-3-15)22-20(28)25-27-8-12-30-13-9-27/h2-5H,6-13H2,1H3,(H2,22,25,28). The number of amides is 2. The highest BCUT2D eigenvalue weighted by Crippen LogP contribution is 2.28. The van der Waals surface area contributed by atoms with E-state index in [1.165, 1.54) is 0 Å². The van der Waals surface area contributed by atoms with Crippen LogP contribution in [0.25, 0.3) is 11.4 Å². The largest absolute Gasteiger partial charge is 0.379 e. The highest BCUT2D eigenvalue weighted by atomic mass is 35.5. The molecule has 9 nitrogen and oxygen atoms in total. The predicted molar refractivity (Wildman–Crippen MR) is 115 cm³/mol. The topological polar surface area (TPSA) is 91.9 Å². The molecule has 10 heteroatoms. The van der Waals surface area contributed by atoms with Gasteiger partial charge in [0.2, 0.25) is 0 Å². The molecule has 0 radical (unpaired) electrons. The van der Waals surface area contributed by atoms with Gasteiger partial charge in [-0.1, -0.05) is 11.6 Å². The molecule has 0 bridgehead atoms. The van der Waals surface area contributed by atoms with Gasteiger partial charge in [-0.05, 0) is 31.2 Å². The molecule has 1 aromatic heterocycles. The fourth-order valence-electron chi connectivity index (χ4n) is 3.37. The summed E-state index contributed by atoms with van der Waals surface area (Å²) in [6.07, 6.45) is 0. The molecule has 2 aromatic rings. The second-order valence-corrected chi connectivity index (χ2v) is 7.49. The normalized spacial score (nSPS) is 17.6. The van der Waals surface area contributed by atoms with Gasteiger partial charge in [-0.25, -0.2) is 19.8 Å². The average Bonchev–Trinajstić information content (AvgIpc) is 2.77. The molecule has 2 amide bonds. The molecule has 2 aliphatic rings. The van der Waals surface area contributed by atoms with E-state index >= 15 is 0 Å². The van der Waals surface area contributed by atoms with Crippen molar-refractivity contribution in [2.75, 3.05) is 62.8 Å². The SMILES string of the molecule is Cc1c(Cl)nc(-c2ccc(NC(=O)NN3CCOCC3)cc2)nc1N1CCOCC1. The lowest BCUT2D eigenvalue weighted by atomic mass is 10.2. The van der Waals surface area contributed by atoms with Crippen LogP contribution in [0.15, 0.2) is 24.3 Å². The van der Waals surface area contributed by atoms with Crippen LogP contribution in [0.1, 0.15) is 5.56 Å². The zero-order valence-corrected chi connectivity index (χ0v) is 17.6. The quantitative estimate of drug-likeness (QED) is 0.716. The first-order chi connectivity index (χ1) is 14.6. The number of anilines is 2. The molecule has 0 atom stereocenters. The molecule has 2 saturated heterocycles. The fraction of sp³-hybridized carbons (Fsp3) is 0.450. The number of urea groups is 1. The molecule has 0 saturated carbocycles. The van der Waals surface area contributed by atoms with Crippen LogP contribution in [0.4, 0.5) is 16.3 Å². The number of halogens is 1. The van der Waals surface area contributed by atoms with E-state index < -0.39 is 0 Å². The van der Waals surface area contributed by atoms with Crippen LogP contribution in [0, 0.1) is 6.92 Å². The molecule has 0 unspecified atom stereocenters. The first kappa shape index (κ1) is 20.8. The number of nitrogens with zero attached hydrogens (tertiary/aromatic N) is 4. The van der Waals surface area contributed by atoms with Crippen LogP contribution in [-0.4, -0.2) is 73.6 Å². The van der Waals surface area contributed by atoms with Crippen LogP contribution in [-0.2, 0) is 9.47 Å². The van der Waals surface area contributed by atoms with Gasteiger partial charge >= 0.3 is 6.03 Å². The Morgan fingerprint density at radius 1 is 1.00 bits per heavy atom. The zero-order chi connectivity index (χ0) is 20.9. The zero-order valence-electron chi connectivity index (χ0n) is 16.9. The molecular weight excluding hydrogens is 408 g/mol. The molecule has 2 aliphatic heterocycles. The van der Waals surface area contributed by atoms with Crippen molar-refractivity contribution in [2.24, 2.45) is 0 Å². The molecule has 160 valence electrons. The molecule has 0 aliphatic carbocycles. The van der Waals surface area contributed by atoms with E-state index in [1.807, 2.05) is 36.2 Å². The monoisotopic (exact) mass is 432 g/mol. The highest BCUT2D eigenvalue weighted by molar-refractivity contribution is 6.30. The summed E-state index contributed by atoms with van der Waals surface area (Å²) >= 11 is 6.39. The number of rotatable bonds is 4. The predicted octanol–water partition coefficient (Wildman–Crippen LogP) is 2.31. The molecule has 4 rings (SSSR count). The Hall–Kier alpha value is -2.46. The van der Waals surface area contributed by atoms with E-state index in [9.17, 15) is 4.79 Å². The maximum absolute atomic E-state index is 12.2. The number of carbonyl (C=O) groups is 1. The number of morpholine rings is 2.